The molecule has 0 radical (unpaired) electrons. The first-order valence-corrected chi connectivity index (χ1v) is 7.48. The number of pyridine rings is 1. The molecule has 2 rings (SSSR count). The highest BCUT2D eigenvalue weighted by molar-refractivity contribution is 6.30. The molecule has 110 valence electrons. The quantitative estimate of drug-likeness (QED) is 0.929. The average molecular weight is 296 g/mol. The van der Waals surface area contributed by atoms with Crippen LogP contribution in [0.2, 0.25) is 5.02 Å². The maximum atomic E-state index is 12.2. The number of aromatic nitrogens is 1. The molecule has 0 unspecified atom stereocenters. The lowest BCUT2D eigenvalue weighted by Crippen LogP contribution is -2.53. The van der Waals surface area contributed by atoms with E-state index in [9.17, 15) is 4.79 Å². The summed E-state index contributed by atoms with van der Waals surface area (Å²) in [6.07, 6.45) is 7.55. The third kappa shape index (κ3) is 3.49. The fourth-order valence-corrected chi connectivity index (χ4v) is 3.02. The van der Waals surface area contributed by atoms with Crippen molar-refractivity contribution in [3.63, 3.8) is 0 Å². The molecule has 1 saturated carbocycles. The molecular weight excluding hydrogens is 274 g/mol. The van der Waals surface area contributed by atoms with Crippen LogP contribution in [0.4, 0.5) is 0 Å². The van der Waals surface area contributed by atoms with Crippen molar-refractivity contribution < 1.29 is 4.79 Å². The van der Waals surface area contributed by atoms with E-state index >= 15 is 0 Å². The van der Waals surface area contributed by atoms with E-state index in [1.807, 2.05) is 0 Å². The molecule has 1 N–H and O–H groups in total. The summed E-state index contributed by atoms with van der Waals surface area (Å²) in [7, 11) is 4.18. The summed E-state index contributed by atoms with van der Waals surface area (Å²) in [4.78, 5) is 18.5. The Balaban J connectivity index is 2.00. The Labute approximate surface area is 125 Å². The van der Waals surface area contributed by atoms with Crippen molar-refractivity contribution in [3.05, 3.63) is 29.0 Å². The first-order chi connectivity index (χ1) is 9.53. The standard InChI is InChI=1S/C15H22ClN3O/c1-19(2)15(7-4-3-5-8-15)11-18-14(20)13-10-12(16)6-9-17-13/h6,9-10H,3-5,7-8,11H2,1-2H3,(H,18,20). The fraction of sp³-hybridized carbons (Fsp3) is 0.600. The Kier molecular flexibility index (Phi) is 5.00. The second-order valence-corrected chi connectivity index (χ2v) is 6.16. The van der Waals surface area contributed by atoms with Gasteiger partial charge in [0.2, 0.25) is 0 Å². The summed E-state index contributed by atoms with van der Waals surface area (Å²) < 4.78 is 0. The van der Waals surface area contributed by atoms with Crippen LogP contribution in [0.3, 0.4) is 0 Å². The Bertz CT molecular complexity index is 470. The number of nitrogens with one attached hydrogen (secondary N) is 1. The molecule has 0 aromatic carbocycles. The number of likely N-dealkylation sites (N-methyl/N-ethyl adjacent to an activating group) is 1. The van der Waals surface area contributed by atoms with Crippen molar-refractivity contribution in [3.8, 4) is 0 Å². The molecule has 0 bridgehead atoms. The molecule has 1 aliphatic rings. The fourth-order valence-electron chi connectivity index (χ4n) is 2.86. The van der Waals surface area contributed by atoms with Gasteiger partial charge in [-0.25, -0.2) is 0 Å². The largest absolute Gasteiger partial charge is 0.349 e. The van der Waals surface area contributed by atoms with Gasteiger partial charge in [0.1, 0.15) is 5.69 Å². The number of hydrogen-bond acceptors (Lipinski definition) is 3. The van der Waals surface area contributed by atoms with Gasteiger partial charge >= 0.3 is 0 Å². The highest BCUT2D eigenvalue weighted by Crippen LogP contribution is 2.31. The smallest absolute Gasteiger partial charge is 0.269 e. The van der Waals surface area contributed by atoms with Crippen LogP contribution in [-0.2, 0) is 0 Å². The lowest BCUT2D eigenvalue weighted by Gasteiger charge is -2.43. The number of rotatable bonds is 4. The zero-order valence-electron chi connectivity index (χ0n) is 12.2. The molecule has 0 aliphatic heterocycles. The van der Waals surface area contributed by atoms with Crippen molar-refractivity contribution >= 4 is 17.5 Å². The van der Waals surface area contributed by atoms with E-state index < -0.39 is 0 Å². The van der Waals surface area contributed by atoms with E-state index in [4.69, 9.17) is 11.6 Å². The molecule has 0 saturated heterocycles. The number of halogens is 1. The number of hydrogen-bond donors (Lipinski definition) is 1. The van der Waals surface area contributed by atoms with Crippen LogP contribution >= 0.6 is 11.6 Å². The third-order valence-electron chi connectivity index (χ3n) is 4.27. The van der Waals surface area contributed by atoms with Crippen LogP contribution in [0.25, 0.3) is 0 Å². The van der Waals surface area contributed by atoms with Crippen LogP contribution in [-0.4, -0.2) is 42.0 Å². The second kappa shape index (κ2) is 6.55. The van der Waals surface area contributed by atoms with E-state index in [2.05, 4.69) is 29.3 Å². The van der Waals surface area contributed by atoms with Gasteiger partial charge in [-0.15, -0.1) is 0 Å². The molecule has 1 amide bonds. The predicted molar refractivity (Wildman–Crippen MR) is 81.1 cm³/mol. The van der Waals surface area contributed by atoms with Crippen molar-refractivity contribution in [1.29, 1.82) is 0 Å². The minimum Gasteiger partial charge on any atom is -0.349 e. The molecule has 1 heterocycles. The van der Waals surface area contributed by atoms with Crippen molar-refractivity contribution in [2.45, 2.75) is 37.6 Å². The lowest BCUT2D eigenvalue weighted by molar-refractivity contribution is 0.0796. The maximum Gasteiger partial charge on any atom is 0.269 e. The van der Waals surface area contributed by atoms with Crippen LogP contribution in [0.15, 0.2) is 18.3 Å². The Morgan fingerprint density at radius 3 is 2.70 bits per heavy atom. The minimum atomic E-state index is -0.153. The normalized spacial score (nSPS) is 18.0. The molecule has 1 aliphatic carbocycles. The minimum absolute atomic E-state index is 0.0759. The SMILES string of the molecule is CN(C)C1(CNC(=O)c2cc(Cl)ccn2)CCCCC1. The Morgan fingerprint density at radius 1 is 1.40 bits per heavy atom. The summed E-state index contributed by atoms with van der Waals surface area (Å²) in [6.45, 7) is 0.660. The molecular formula is C15H22ClN3O. The number of carbonyl (C=O) groups excluding carboxylic acids is 1. The van der Waals surface area contributed by atoms with Gasteiger partial charge in [0.15, 0.2) is 0 Å². The second-order valence-electron chi connectivity index (χ2n) is 5.72. The Morgan fingerprint density at radius 2 is 2.10 bits per heavy atom. The van der Waals surface area contributed by atoms with Gasteiger partial charge < -0.3 is 10.2 Å². The highest BCUT2D eigenvalue weighted by atomic mass is 35.5. The molecule has 20 heavy (non-hydrogen) atoms. The molecule has 1 aromatic heterocycles. The van der Waals surface area contributed by atoms with Gasteiger partial charge in [0, 0.05) is 23.3 Å². The van der Waals surface area contributed by atoms with Gasteiger partial charge in [0.05, 0.1) is 0 Å². The molecule has 0 spiro atoms. The third-order valence-corrected chi connectivity index (χ3v) is 4.50. The molecule has 1 fully saturated rings. The van der Waals surface area contributed by atoms with Gasteiger partial charge in [-0.05, 0) is 39.1 Å². The summed E-state index contributed by atoms with van der Waals surface area (Å²) in [5, 5.41) is 3.55. The van der Waals surface area contributed by atoms with Gasteiger partial charge in [-0.2, -0.15) is 0 Å². The zero-order chi connectivity index (χ0) is 14.6. The van der Waals surface area contributed by atoms with E-state index in [1.54, 1.807) is 18.3 Å². The van der Waals surface area contributed by atoms with E-state index in [-0.39, 0.29) is 11.4 Å². The van der Waals surface area contributed by atoms with Crippen molar-refractivity contribution in [2.75, 3.05) is 20.6 Å². The number of amides is 1. The molecule has 1 aromatic rings. The van der Waals surface area contributed by atoms with Crippen LogP contribution in [0.1, 0.15) is 42.6 Å². The zero-order valence-corrected chi connectivity index (χ0v) is 12.9. The van der Waals surface area contributed by atoms with Crippen molar-refractivity contribution in [1.82, 2.24) is 15.2 Å². The topological polar surface area (TPSA) is 45.2 Å². The van der Waals surface area contributed by atoms with Gasteiger partial charge in [0.25, 0.3) is 5.91 Å². The maximum absolute atomic E-state index is 12.2. The average Bonchev–Trinajstić information content (AvgIpc) is 2.45. The van der Waals surface area contributed by atoms with E-state index in [0.717, 1.165) is 12.8 Å². The number of nitrogens with zero attached hydrogens (tertiary/aromatic N) is 2. The summed E-state index contributed by atoms with van der Waals surface area (Å²) in [5.41, 5.74) is 0.453. The number of carbonyl (C=O) groups is 1. The molecule has 5 heteroatoms. The highest BCUT2D eigenvalue weighted by Gasteiger charge is 2.34. The van der Waals surface area contributed by atoms with Crippen LogP contribution in [0, 0.1) is 0 Å². The first kappa shape index (κ1) is 15.3. The van der Waals surface area contributed by atoms with E-state index in [1.165, 1.54) is 19.3 Å². The summed E-state index contributed by atoms with van der Waals surface area (Å²) in [6, 6.07) is 3.26. The van der Waals surface area contributed by atoms with Crippen LogP contribution in [0.5, 0.6) is 0 Å². The van der Waals surface area contributed by atoms with Gasteiger partial charge in [-0.1, -0.05) is 30.9 Å². The molecule has 4 nitrogen and oxygen atoms in total. The lowest BCUT2D eigenvalue weighted by atomic mass is 9.80. The van der Waals surface area contributed by atoms with Crippen LogP contribution < -0.4 is 5.32 Å². The first-order valence-electron chi connectivity index (χ1n) is 7.11. The molecule has 0 atom stereocenters. The predicted octanol–water partition coefficient (Wildman–Crippen LogP) is 2.73. The monoisotopic (exact) mass is 295 g/mol. The summed E-state index contributed by atoms with van der Waals surface area (Å²) >= 11 is 5.89. The van der Waals surface area contributed by atoms with E-state index in [0.29, 0.717) is 17.3 Å². The van der Waals surface area contributed by atoms with Gasteiger partial charge in [-0.3, -0.25) is 9.78 Å². The Hall–Kier alpha value is -1.13. The van der Waals surface area contributed by atoms with Crippen molar-refractivity contribution in [2.24, 2.45) is 0 Å². The summed E-state index contributed by atoms with van der Waals surface area (Å²) in [5.74, 6) is -0.153.